The highest BCUT2D eigenvalue weighted by molar-refractivity contribution is 5.70. The van der Waals surface area contributed by atoms with E-state index in [0.717, 1.165) is 22.4 Å². The first-order valence-electron chi connectivity index (χ1n) is 7.97. The molecule has 0 spiro atoms. The maximum atomic E-state index is 6.32. The molecule has 3 aromatic carbocycles. The van der Waals surface area contributed by atoms with Gasteiger partial charge in [-0.1, -0.05) is 85.4 Å². The minimum Gasteiger partial charge on any atom is -0.498 e. The van der Waals surface area contributed by atoms with Crippen molar-refractivity contribution >= 4 is 0 Å². The molecule has 3 aromatic rings. The molecular formula is C22H20O2. The molecule has 0 aliphatic heterocycles. The molecule has 0 aliphatic carbocycles. The predicted octanol–water partition coefficient (Wildman–Crippen LogP) is 5.63. The number of hydrogen-bond acceptors (Lipinski definition) is 2. The minimum atomic E-state index is -0.200. The molecule has 0 aromatic heterocycles. The summed E-state index contributed by atoms with van der Waals surface area (Å²) in [4.78, 5) is 0. The van der Waals surface area contributed by atoms with Crippen LogP contribution in [0.15, 0.2) is 97.8 Å². The average Bonchev–Trinajstić information content (AvgIpc) is 2.67. The quantitative estimate of drug-likeness (QED) is 0.526. The summed E-state index contributed by atoms with van der Waals surface area (Å²) in [7, 11) is 0. The van der Waals surface area contributed by atoms with Gasteiger partial charge in [0.1, 0.15) is 12.4 Å². The van der Waals surface area contributed by atoms with E-state index in [1.807, 2.05) is 66.7 Å². The van der Waals surface area contributed by atoms with Gasteiger partial charge in [0.25, 0.3) is 0 Å². The molecule has 0 saturated heterocycles. The summed E-state index contributed by atoms with van der Waals surface area (Å²) in [6.45, 7) is 4.03. The molecule has 1 unspecified atom stereocenters. The smallest absolute Gasteiger partial charge is 0.158 e. The average molecular weight is 316 g/mol. The molecule has 0 aliphatic rings. The molecule has 0 bridgehead atoms. The van der Waals surface area contributed by atoms with Gasteiger partial charge in [-0.2, -0.15) is 0 Å². The second kappa shape index (κ2) is 8.02. The van der Waals surface area contributed by atoms with Crippen LogP contribution in [0, 0.1) is 0 Å². The number of benzene rings is 3. The maximum absolute atomic E-state index is 6.32. The SMILES string of the molecule is C=COCC(Oc1ccccc1-c1ccccc1)c1ccccc1. The molecule has 0 fully saturated rings. The van der Waals surface area contributed by atoms with Gasteiger partial charge in [0.2, 0.25) is 0 Å². The van der Waals surface area contributed by atoms with E-state index in [0.29, 0.717) is 6.61 Å². The zero-order valence-corrected chi connectivity index (χ0v) is 13.5. The number of para-hydroxylation sites is 1. The van der Waals surface area contributed by atoms with Gasteiger partial charge in [0, 0.05) is 5.56 Å². The van der Waals surface area contributed by atoms with Crippen LogP contribution >= 0.6 is 0 Å². The van der Waals surface area contributed by atoms with E-state index in [9.17, 15) is 0 Å². The monoisotopic (exact) mass is 316 g/mol. The molecule has 24 heavy (non-hydrogen) atoms. The normalized spacial score (nSPS) is 11.5. The second-order valence-electron chi connectivity index (χ2n) is 5.38. The van der Waals surface area contributed by atoms with Crippen molar-refractivity contribution in [2.75, 3.05) is 6.61 Å². The van der Waals surface area contributed by atoms with Crippen molar-refractivity contribution in [1.82, 2.24) is 0 Å². The Kier molecular flexibility index (Phi) is 5.31. The summed E-state index contributed by atoms with van der Waals surface area (Å²) in [6, 6.07) is 28.4. The van der Waals surface area contributed by atoms with Crippen molar-refractivity contribution in [3.05, 3.63) is 103 Å². The van der Waals surface area contributed by atoms with Crippen molar-refractivity contribution < 1.29 is 9.47 Å². The second-order valence-corrected chi connectivity index (χ2v) is 5.38. The fourth-order valence-electron chi connectivity index (χ4n) is 2.60. The Labute approximate surface area is 143 Å². The van der Waals surface area contributed by atoms with Gasteiger partial charge in [-0.15, -0.1) is 0 Å². The molecule has 0 heterocycles. The van der Waals surface area contributed by atoms with Crippen LogP contribution in [0.25, 0.3) is 11.1 Å². The molecule has 0 saturated carbocycles. The Hall–Kier alpha value is -3.00. The van der Waals surface area contributed by atoms with Crippen LogP contribution in [0.4, 0.5) is 0 Å². The molecule has 0 amide bonds. The van der Waals surface area contributed by atoms with Crippen LogP contribution in [-0.2, 0) is 4.74 Å². The number of ether oxygens (including phenoxy) is 2. The molecule has 0 radical (unpaired) electrons. The first kappa shape index (κ1) is 15.9. The molecule has 0 N–H and O–H groups in total. The molecule has 3 rings (SSSR count). The summed E-state index contributed by atoms with van der Waals surface area (Å²) in [5.74, 6) is 0.838. The van der Waals surface area contributed by atoms with Crippen LogP contribution in [0.3, 0.4) is 0 Å². The summed E-state index contributed by atoms with van der Waals surface area (Å²) >= 11 is 0. The third-order valence-electron chi connectivity index (χ3n) is 3.78. The third kappa shape index (κ3) is 3.85. The van der Waals surface area contributed by atoms with Crippen LogP contribution in [0.5, 0.6) is 5.75 Å². The lowest BCUT2D eigenvalue weighted by Crippen LogP contribution is -2.13. The Morgan fingerprint density at radius 1 is 0.792 bits per heavy atom. The Morgan fingerprint density at radius 3 is 2.12 bits per heavy atom. The van der Waals surface area contributed by atoms with Crippen LogP contribution < -0.4 is 4.74 Å². The van der Waals surface area contributed by atoms with Gasteiger partial charge in [0.15, 0.2) is 6.10 Å². The minimum absolute atomic E-state index is 0.200. The van der Waals surface area contributed by atoms with Gasteiger partial charge >= 0.3 is 0 Å². The Bertz CT molecular complexity index is 766. The van der Waals surface area contributed by atoms with Gasteiger partial charge in [-0.05, 0) is 17.2 Å². The fourth-order valence-corrected chi connectivity index (χ4v) is 2.60. The zero-order chi connectivity index (χ0) is 16.6. The zero-order valence-electron chi connectivity index (χ0n) is 13.5. The lowest BCUT2D eigenvalue weighted by molar-refractivity contribution is 0.104. The summed E-state index contributed by atoms with van der Waals surface area (Å²) in [6.07, 6.45) is 1.25. The van der Waals surface area contributed by atoms with E-state index in [2.05, 4.69) is 24.8 Å². The van der Waals surface area contributed by atoms with Crippen LogP contribution in [0.2, 0.25) is 0 Å². The van der Waals surface area contributed by atoms with E-state index in [-0.39, 0.29) is 6.10 Å². The van der Waals surface area contributed by atoms with Crippen molar-refractivity contribution in [3.8, 4) is 16.9 Å². The molecule has 2 nitrogen and oxygen atoms in total. The van der Waals surface area contributed by atoms with Gasteiger partial charge < -0.3 is 9.47 Å². The molecular weight excluding hydrogens is 296 g/mol. The summed E-state index contributed by atoms with van der Waals surface area (Å²) in [5.41, 5.74) is 3.27. The number of hydrogen-bond donors (Lipinski definition) is 0. The highest BCUT2D eigenvalue weighted by Gasteiger charge is 2.16. The first-order valence-corrected chi connectivity index (χ1v) is 7.97. The number of rotatable bonds is 7. The van der Waals surface area contributed by atoms with Crippen molar-refractivity contribution in [2.45, 2.75) is 6.10 Å². The summed E-state index contributed by atoms with van der Waals surface area (Å²) < 4.78 is 11.7. The van der Waals surface area contributed by atoms with Gasteiger partial charge in [-0.3, -0.25) is 0 Å². The first-order chi connectivity index (χ1) is 11.9. The van der Waals surface area contributed by atoms with E-state index in [1.54, 1.807) is 0 Å². The van der Waals surface area contributed by atoms with E-state index in [1.165, 1.54) is 6.26 Å². The Morgan fingerprint density at radius 2 is 1.42 bits per heavy atom. The van der Waals surface area contributed by atoms with E-state index in [4.69, 9.17) is 9.47 Å². The van der Waals surface area contributed by atoms with Gasteiger partial charge in [-0.25, -0.2) is 0 Å². The third-order valence-corrected chi connectivity index (χ3v) is 3.78. The highest BCUT2D eigenvalue weighted by Crippen LogP contribution is 2.33. The largest absolute Gasteiger partial charge is 0.498 e. The van der Waals surface area contributed by atoms with E-state index >= 15 is 0 Å². The lowest BCUT2D eigenvalue weighted by Gasteiger charge is -2.21. The van der Waals surface area contributed by atoms with Crippen LogP contribution in [-0.4, -0.2) is 6.61 Å². The highest BCUT2D eigenvalue weighted by atomic mass is 16.5. The standard InChI is InChI=1S/C22H20O2/c1-2-23-17-22(19-13-7-4-8-14-19)24-21-16-10-9-15-20(21)18-11-5-3-6-12-18/h2-16,22H,1,17H2. The molecule has 2 heteroatoms. The Balaban J connectivity index is 1.92. The van der Waals surface area contributed by atoms with Crippen molar-refractivity contribution in [1.29, 1.82) is 0 Å². The lowest BCUT2D eigenvalue weighted by atomic mass is 10.0. The molecule has 120 valence electrons. The topological polar surface area (TPSA) is 18.5 Å². The maximum Gasteiger partial charge on any atom is 0.158 e. The van der Waals surface area contributed by atoms with Gasteiger partial charge in [0.05, 0.1) is 6.26 Å². The van der Waals surface area contributed by atoms with Crippen LogP contribution in [0.1, 0.15) is 11.7 Å². The molecule has 1 atom stereocenters. The fraction of sp³-hybridized carbons (Fsp3) is 0.0909. The van der Waals surface area contributed by atoms with E-state index < -0.39 is 0 Å². The van der Waals surface area contributed by atoms with Crippen molar-refractivity contribution in [2.24, 2.45) is 0 Å². The summed E-state index contributed by atoms with van der Waals surface area (Å²) in [5, 5.41) is 0. The predicted molar refractivity (Wildman–Crippen MR) is 97.8 cm³/mol. The van der Waals surface area contributed by atoms with Crippen molar-refractivity contribution in [3.63, 3.8) is 0 Å².